The standard InChI is InChI=1S/C23H30N4O/c1-16-7-9-18(10-8-16)17(2)23(28)27-13-11-20-19(15-27)14-24-22(25-20)21-6-4-5-12-26(21)3/h7-10,14,17,21H,4-6,11-13,15H2,1-3H3/t17-,21+/m1/s1. The molecule has 0 N–H and O–H groups in total. The van der Waals surface area contributed by atoms with E-state index in [-0.39, 0.29) is 11.8 Å². The molecule has 0 spiro atoms. The van der Waals surface area contributed by atoms with E-state index in [2.05, 4.69) is 48.1 Å². The molecule has 1 amide bonds. The first-order valence-electron chi connectivity index (χ1n) is 10.4. The van der Waals surface area contributed by atoms with Crippen molar-refractivity contribution in [3.63, 3.8) is 0 Å². The molecule has 2 aliphatic rings. The predicted molar refractivity (Wildman–Crippen MR) is 110 cm³/mol. The monoisotopic (exact) mass is 378 g/mol. The second-order valence-electron chi connectivity index (χ2n) is 8.33. The molecule has 0 radical (unpaired) electrons. The number of aryl methyl sites for hydroxylation is 1. The van der Waals surface area contributed by atoms with Gasteiger partial charge in [0, 0.05) is 31.3 Å². The minimum absolute atomic E-state index is 0.127. The van der Waals surface area contributed by atoms with Crippen LogP contribution < -0.4 is 0 Å². The molecule has 5 heteroatoms. The van der Waals surface area contributed by atoms with Gasteiger partial charge >= 0.3 is 0 Å². The highest BCUT2D eigenvalue weighted by Gasteiger charge is 2.28. The highest BCUT2D eigenvalue weighted by Crippen LogP contribution is 2.29. The summed E-state index contributed by atoms with van der Waals surface area (Å²) in [6, 6.07) is 8.60. The minimum atomic E-state index is -0.127. The van der Waals surface area contributed by atoms with Crippen LogP contribution in [0.1, 0.15) is 66.4 Å². The molecule has 4 rings (SSSR count). The fourth-order valence-electron chi connectivity index (χ4n) is 4.35. The molecule has 5 nitrogen and oxygen atoms in total. The van der Waals surface area contributed by atoms with Crippen molar-refractivity contribution in [1.82, 2.24) is 19.8 Å². The third-order valence-electron chi connectivity index (χ3n) is 6.28. The highest BCUT2D eigenvalue weighted by molar-refractivity contribution is 5.83. The molecule has 1 aromatic carbocycles. The number of hydrogen-bond donors (Lipinski definition) is 0. The van der Waals surface area contributed by atoms with E-state index in [1.807, 2.05) is 18.0 Å². The highest BCUT2D eigenvalue weighted by atomic mass is 16.2. The Kier molecular flexibility index (Phi) is 5.44. The number of fused-ring (bicyclic) bond motifs is 1. The number of nitrogens with zero attached hydrogens (tertiary/aromatic N) is 4. The molecule has 1 saturated heterocycles. The van der Waals surface area contributed by atoms with Crippen molar-refractivity contribution in [2.45, 2.75) is 58.0 Å². The summed E-state index contributed by atoms with van der Waals surface area (Å²) >= 11 is 0. The van der Waals surface area contributed by atoms with Gasteiger partial charge in [-0.1, -0.05) is 36.2 Å². The zero-order chi connectivity index (χ0) is 19.7. The van der Waals surface area contributed by atoms with Crippen LogP contribution in [0.4, 0.5) is 0 Å². The van der Waals surface area contributed by atoms with Crippen LogP contribution in [0, 0.1) is 6.92 Å². The lowest BCUT2D eigenvalue weighted by molar-refractivity contribution is -0.133. The Bertz CT molecular complexity index is 848. The van der Waals surface area contributed by atoms with Gasteiger partial charge in [-0.25, -0.2) is 9.97 Å². The molecule has 148 valence electrons. The zero-order valence-electron chi connectivity index (χ0n) is 17.2. The first kappa shape index (κ1) is 19.1. The summed E-state index contributed by atoms with van der Waals surface area (Å²) in [4.78, 5) is 26.9. The Hall–Kier alpha value is -2.27. The number of likely N-dealkylation sites (tertiary alicyclic amines) is 1. The van der Waals surface area contributed by atoms with Crippen LogP contribution >= 0.6 is 0 Å². The van der Waals surface area contributed by atoms with Crippen LogP contribution in [0.2, 0.25) is 0 Å². The smallest absolute Gasteiger partial charge is 0.230 e. The first-order chi connectivity index (χ1) is 13.5. The van der Waals surface area contributed by atoms with E-state index < -0.39 is 0 Å². The van der Waals surface area contributed by atoms with Crippen LogP contribution in [0.25, 0.3) is 0 Å². The van der Waals surface area contributed by atoms with Gasteiger partial charge in [-0.15, -0.1) is 0 Å². The van der Waals surface area contributed by atoms with Gasteiger partial charge in [0.1, 0.15) is 5.82 Å². The molecule has 2 aliphatic heterocycles. The number of rotatable bonds is 3. The Morgan fingerprint density at radius 1 is 1.18 bits per heavy atom. The summed E-state index contributed by atoms with van der Waals surface area (Å²) in [5.74, 6) is 1.01. The van der Waals surface area contributed by atoms with Gasteiger partial charge in [-0.3, -0.25) is 9.69 Å². The number of aromatic nitrogens is 2. The molecule has 2 atom stereocenters. The van der Waals surface area contributed by atoms with E-state index in [0.29, 0.717) is 12.6 Å². The Morgan fingerprint density at radius 2 is 1.96 bits per heavy atom. The van der Waals surface area contributed by atoms with Crippen LogP contribution in [0.15, 0.2) is 30.5 Å². The average Bonchev–Trinajstić information content (AvgIpc) is 2.73. The number of hydrogen-bond acceptors (Lipinski definition) is 4. The summed E-state index contributed by atoms with van der Waals surface area (Å²) < 4.78 is 0. The molecule has 0 bridgehead atoms. The Balaban J connectivity index is 1.47. The molecule has 0 saturated carbocycles. The second-order valence-corrected chi connectivity index (χ2v) is 8.33. The fourth-order valence-corrected chi connectivity index (χ4v) is 4.35. The van der Waals surface area contributed by atoms with Gasteiger partial charge in [-0.2, -0.15) is 0 Å². The molecule has 0 unspecified atom stereocenters. The number of amides is 1. The largest absolute Gasteiger partial charge is 0.337 e. The van der Waals surface area contributed by atoms with Crippen LogP contribution in [0.3, 0.4) is 0 Å². The maximum absolute atomic E-state index is 13.0. The van der Waals surface area contributed by atoms with Gasteiger partial charge in [0.15, 0.2) is 0 Å². The van der Waals surface area contributed by atoms with E-state index in [0.717, 1.165) is 48.6 Å². The molecular weight excluding hydrogens is 348 g/mol. The quantitative estimate of drug-likeness (QED) is 0.818. The lowest BCUT2D eigenvalue weighted by atomic mass is 9.97. The lowest BCUT2D eigenvalue weighted by Gasteiger charge is -2.33. The maximum atomic E-state index is 13.0. The molecule has 1 fully saturated rings. The lowest BCUT2D eigenvalue weighted by Crippen LogP contribution is -2.39. The number of carbonyl (C=O) groups excluding carboxylic acids is 1. The second kappa shape index (κ2) is 8.00. The summed E-state index contributed by atoms with van der Waals surface area (Å²) in [6.45, 7) is 6.53. The van der Waals surface area contributed by atoms with Crippen molar-refractivity contribution in [3.05, 3.63) is 58.7 Å². The first-order valence-corrected chi connectivity index (χ1v) is 10.4. The van der Waals surface area contributed by atoms with Gasteiger partial charge < -0.3 is 4.90 Å². The molecular formula is C23H30N4O. The summed E-state index contributed by atoms with van der Waals surface area (Å²) in [7, 11) is 2.17. The summed E-state index contributed by atoms with van der Waals surface area (Å²) in [5.41, 5.74) is 4.51. The van der Waals surface area contributed by atoms with Crippen molar-refractivity contribution in [1.29, 1.82) is 0 Å². The van der Waals surface area contributed by atoms with Gasteiger partial charge in [0.2, 0.25) is 5.91 Å². The number of carbonyl (C=O) groups is 1. The van der Waals surface area contributed by atoms with Crippen LogP contribution in [-0.2, 0) is 17.8 Å². The fraction of sp³-hybridized carbons (Fsp3) is 0.522. The molecule has 3 heterocycles. The predicted octanol–water partition coefficient (Wildman–Crippen LogP) is 3.63. The van der Waals surface area contributed by atoms with Crippen molar-refractivity contribution in [3.8, 4) is 0 Å². The van der Waals surface area contributed by atoms with E-state index in [4.69, 9.17) is 4.98 Å². The van der Waals surface area contributed by atoms with E-state index in [9.17, 15) is 4.79 Å². The van der Waals surface area contributed by atoms with Crippen LogP contribution in [-0.4, -0.2) is 45.8 Å². The van der Waals surface area contributed by atoms with E-state index in [1.54, 1.807) is 0 Å². The zero-order valence-corrected chi connectivity index (χ0v) is 17.2. The Labute approximate surface area is 167 Å². The van der Waals surface area contributed by atoms with Crippen molar-refractivity contribution >= 4 is 5.91 Å². The third kappa shape index (κ3) is 3.81. The number of piperidine rings is 1. The van der Waals surface area contributed by atoms with E-state index >= 15 is 0 Å². The van der Waals surface area contributed by atoms with Crippen LogP contribution in [0.5, 0.6) is 0 Å². The topological polar surface area (TPSA) is 49.3 Å². The minimum Gasteiger partial charge on any atom is -0.337 e. The summed E-state index contributed by atoms with van der Waals surface area (Å²) in [5, 5.41) is 0. The average molecular weight is 379 g/mol. The van der Waals surface area contributed by atoms with Crippen molar-refractivity contribution < 1.29 is 4.79 Å². The molecule has 2 aromatic rings. The number of benzene rings is 1. The summed E-state index contributed by atoms with van der Waals surface area (Å²) in [6.07, 6.45) is 6.40. The SMILES string of the molecule is Cc1ccc([C@@H](C)C(=O)N2CCc3nc([C@@H]4CCCCN4C)ncc3C2)cc1. The van der Waals surface area contributed by atoms with Crippen molar-refractivity contribution in [2.24, 2.45) is 0 Å². The van der Waals surface area contributed by atoms with Gasteiger partial charge in [-0.05, 0) is 45.8 Å². The Morgan fingerprint density at radius 3 is 2.71 bits per heavy atom. The third-order valence-corrected chi connectivity index (χ3v) is 6.28. The molecule has 1 aromatic heterocycles. The maximum Gasteiger partial charge on any atom is 0.230 e. The molecule has 0 aliphatic carbocycles. The normalized spacial score (nSPS) is 21.2. The van der Waals surface area contributed by atoms with E-state index in [1.165, 1.54) is 18.4 Å². The molecule has 28 heavy (non-hydrogen) atoms. The van der Waals surface area contributed by atoms with Crippen molar-refractivity contribution in [2.75, 3.05) is 20.1 Å². The van der Waals surface area contributed by atoms with Gasteiger partial charge in [0.25, 0.3) is 0 Å². The van der Waals surface area contributed by atoms with Gasteiger partial charge in [0.05, 0.1) is 17.7 Å².